The third kappa shape index (κ3) is 5.46. The molecule has 0 saturated carbocycles. The monoisotopic (exact) mass is 390 g/mol. The van der Waals surface area contributed by atoms with E-state index in [0.29, 0.717) is 11.7 Å². The van der Waals surface area contributed by atoms with Gasteiger partial charge in [0.05, 0.1) is 24.4 Å². The Bertz CT molecular complexity index is 784. The van der Waals surface area contributed by atoms with Gasteiger partial charge in [0, 0.05) is 6.61 Å². The number of rotatable bonds is 9. The summed E-state index contributed by atoms with van der Waals surface area (Å²) < 4.78 is 7.16. The summed E-state index contributed by atoms with van der Waals surface area (Å²) in [5.74, 6) is 0.143. The van der Waals surface area contributed by atoms with Gasteiger partial charge in [-0.2, -0.15) is 0 Å². The third-order valence-electron chi connectivity index (χ3n) is 4.58. The van der Waals surface area contributed by atoms with Crippen LogP contribution in [0.5, 0.6) is 0 Å². The molecule has 1 aliphatic heterocycles. The summed E-state index contributed by atoms with van der Waals surface area (Å²) in [6.45, 7) is 3.31. The van der Waals surface area contributed by atoms with Gasteiger partial charge in [-0.15, -0.1) is 5.10 Å². The van der Waals surface area contributed by atoms with Gasteiger partial charge < -0.3 is 10.1 Å². The average molecular weight is 391 g/mol. The van der Waals surface area contributed by atoms with Crippen molar-refractivity contribution in [3.05, 3.63) is 46.4 Å². The van der Waals surface area contributed by atoms with Crippen LogP contribution in [-0.2, 0) is 16.1 Å². The van der Waals surface area contributed by atoms with E-state index in [2.05, 4.69) is 22.4 Å². The van der Waals surface area contributed by atoms with Gasteiger partial charge >= 0.3 is 5.69 Å². The van der Waals surface area contributed by atoms with Gasteiger partial charge in [-0.25, -0.2) is 9.89 Å². The molecule has 1 aromatic carbocycles. The summed E-state index contributed by atoms with van der Waals surface area (Å²) in [4.78, 5) is 24.5. The first-order valence-corrected chi connectivity index (χ1v) is 10.4. The summed E-state index contributed by atoms with van der Waals surface area (Å²) in [5.41, 5.74) is 0.842. The van der Waals surface area contributed by atoms with Crippen molar-refractivity contribution in [2.24, 2.45) is 0 Å². The van der Waals surface area contributed by atoms with E-state index < -0.39 is 0 Å². The minimum absolute atomic E-state index is 0.00225. The van der Waals surface area contributed by atoms with Crippen molar-refractivity contribution in [1.29, 1.82) is 0 Å². The van der Waals surface area contributed by atoms with E-state index in [1.165, 1.54) is 11.8 Å². The quantitative estimate of drug-likeness (QED) is 0.642. The smallest absolute Gasteiger partial charge is 0.344 e. The average Bonchev–Trinajstić information content (AvgIpc) is 3.32. The molecule has 2 heterocycles. The number of carbonyl (C=O) groups is 1. The van der Waals surface area contributed by atoms with Crippen LogP contribution in [-0.4, -0.2) is 39.1 Å². The van der Waals surface area contributed by atoms with Crippen LogP contribution in [0.4, 0.5) is 0 Å². The van der Waals surface area contributed by atoms with Gasteiger partial charge in [0.1, 0.15) is 0 Å². The minimum Gasteiger partial charge on any atom is -0.376 e. The van der Waals surface area contributed by atoms with Crippen molar-refractivity contribution in [3.8, 4) is 0 Å². The summed E-state index contributed by atoms with van der Waals surface area (Å²) >= 11 is 1.27. The third-order valence-corrected chi connectivity index (χ3v) is 5.56. The number of nitrogens with zero attached hydrogens (tertiary/aromatic N) is 2. The minimum atomic E-state index is -0.262. The van der Waals surface area contributed by atoms with Crippen molar-refractivity contribution in [1.82, 2.24) is 20.1 Å². The lowest BCUT2D eigenvalue weighted by molar-refractivity contribution is -0.119. The molecule has 7 nitrogen and oxygen atoms in total. The van der Waals surface area contributed by atoms with Gasteiger partial charge in [0.15, 0.2) is 5.16 Å². The van der Waals surface area contributed by atoms with E-state index >= 15 is 0 Å². The van der Waals surface area contributed by atoms with Crippen LogP contribution in [0.1, 0.15) is 44.2 Å². The number of carbonyl (C=O) groups excluding carboxylic acids is 1. The van der Waals surface area contributed by atoms with Crippen molar-refractivity contribution in [2.45, 2.75) is 56.5 Å². The van der Waals surface area contributed by atoms with E-state index in [4.69, 9.17) is 4.74 Å². The Kier molecular flexibility index (Phi) is 7.11. The molecule has 27 heavy (non-hydrogen) atoms. The first-order valence-electron chi connectivity index (χ1n) is 9.41. The van der Waals surface area contributed by atoms with Gasteiger partial charge in [0.2, 0.25) is 5.91 Å². The number of thioether (sulfide) groups is 1. The first kappa shape index (κ1) is 19.7. The van der Waals surface area contributed by atoms with Crippen LogP contribution in [0, 0.1) is 0 Å². The second-order valence-corrected chi connectivity index (χ2v) is 7.61. The molecule has 0 aliphatic carbocycles. The maximum Gasteiger partial charge on any atom is 0.344 e. The highest BCUT2D eigenvalue weighted by Gasteiger charge is 2.20. The highest BCUT2D eigenvalue weighted by Crippen LogP contribution is 2.20. The predicted octanol–water partition coefficient (Wildman–Crippen LogP) is 2.50. The molecule has 2 unspecified atom stereocenters. The molecular formula is C19H26N4O3S. The van der Waals surface area contributed by atoms with E-state index in [1.54, 1.807) is 4.57 Å². The van der Waals surface area contributed by atoms with Crippen LogP contribution in [0.3, 0.4) is 0 Å². The van der Waals surface area contributed by atoms with Crippen molar-refractivity contribution in [3.63, 3.8) is 0 Å². The largest absolute Gasteiger partial charge is 0.376 e. The number of H-pyrrole nitrogens is 1. The summed E-state index contributed by atoms with van der Waals surface area (Å²) in [6, 6.07) is 9.98. The second kappa shape index (κ2) is 9.75. The molecule has 0 radical (unpaired) electrons. The fraction of sp³-hybridized carbons (Fsp3) is 0.526. The lowest BCUT2D eigenvalue weighted by atomic mass is 10.0. The summed E-state index contributed by atoms with van der Waals surface area (Å²) in [5, 5.41) is 10.1. The molecule has 0 spiro atoms. The lowest BCUT2D eigenvalue weighted by Gasteiger charge is -2.18. The van der Waals surface area contributed by atoms with Gasteiger partial charge in [-0.3, -0.25) is 9.36 Å². The molecule has 1 fully saturated rings. The number of aromatic amines is 1. The fourth-order valence-electron chi connectivity index (χ4n) is 3.23. The van der Waals surface area contributed by atoms with Crippen molar-refractivity contribution < 1.29 is 9.53 Å². The van der Waals surface area contributed by atoms with Crippen LogP contribution in [0.2, 0.25) is 0 Å². The maximum absolute atomic E-state index is 12.5. The molecule has 1 aromatic heterocycles. The van der Waals surface area contributed by atoms with Crippen LogP contribution in [0.15, 0.2) is 40.3 Å². The van der Waals surface area contributed by atoms with E-state index in [1.807, 2.05) is 30.3 Å². The second-order valence-electron chi connectivity index (χ2n) is 6.67. The number of benzene rings is 1. The van der Waals surface area contributed by atoms with Crippen molar-refractivity contribution in [2.75, 3.05) is 12.4 Å². The van der Waals surface area contributed by atoms with Gasteiger partial charge in [0.25, 0.3) is 0 Å². The maximum atomic E-state index is 12.5. The molecule has 146 valence electrons. The van der Waals surface area contributed by atoms with E-state index in [-0.39, 0.29) is 29.5 Å². The Morgan fingerprint density at radius 2 is 2.26 bits per heavy atom. The molecule has 3 rings (SSSR count). The molecule has 2 N–H and O–H groups in total. The molecule has 8 heteroatoms. The predicted molar refractivity (Wildman–Crippen MR) is 105 cm³/mol. The number of hydrogen-bond acceptors (Lipinski definition) is 5. The molecule has 2 atom stereocenters. The van der Waals surface area contributed by atoms with Gasteiger partial charge in [-0.1, -0.05) is 55.4 Å². The highest BCUT2D eigenvalue weighted by molar-refractivity contribution is 7.99. The number of aromatic nitrogens is 3. The molecule has 1 saturated heterocycles. The standard InChI is InChI=1S/C19H26N4O3S/c1-2-7-16(14-8-4-3-5-9-14)20-17(24)13-27-19-22-21-18(25)23(19)12-15-10-6-11-26-15/h3-5,8-9,15-16H,2,6-7,10-13H2,1H3,(H,20,24)(H,21,25). The Hall–Kier alpha value is -2.06. The normalized spacial score (nSPS) is 17.7. The molecule has 1 amide bonds. The topological polar surface area (TPSA) is 89.0 Å². The Balaban J connectivity index is 1.57. The van der Waals surface area contributed by atoms with Crippen LogP contribution < -0.4 is 11.0 Å². The Labute approximate surface area is 162 Å². The number of ether oxygens (including phenoxy) is 1. The first-order chi connectivity index (χ1) is 13.2. The lowest BCUT2D eigenvalue weighted by Crippen LogP contribution is -2.30. The fourth-order valence-corrected chi connectivity index (χ4v) is 4.00. The number of hydrogen-bond donors (Lipinski definition) is 2. The zero-order chi connectivity index (χ0) is 19.1. The highest BCUT2D eigenvalue weighted by atomic mass is 32.2. The van der Waals surface area contributed by atoms with E-state index in [0.717, 1.165) is 37.9 Å². The zero-order valence-corrected chi connectivity index (χ0v) is 16.3. The molecule has 2 aromatic rings. The number of amides is 1. The summed E-state index contributed by atoms with van der Waals surface area (Å²) in [6.07, 6.45) is 3.86. The number of nitrogens with one attached hydrogen (secondary N) is 2. The summed E-state index contributed by atoms with van der Waals surface area (Å²) in [7, 11) is 0. The Morgan fingerprint density at radius 3 is 2.96 bits per heavy atom. The SMILES string of the molecule is CCCC(NC(=O)CSc1n[nH]c(=O)n1CC1CCCO1)c1ccccc1. The molecule has 1 aliphatic rings. The van der Waals surface area contributed by atoms with Crippen molar-refractivity contribution >= 4 is 17.7 Å². The molecule has 0 bridgehead atoms. The molecular weight excluding hydrogens is 364 g/mol. The van der Waals surface area contributed by atoms with E-state index in [9.17, 15) is 9.59 Å². The zero-order valence-electron chi connectivity index (χ0n) is 15.5. The Morgan fingerprint density at radius 1 is 1.44 bits per heavy atom. The van der Waals surface area contributed by atoms with Crippen LogP contribution >= 0.6 is 11.8 Å². The van der Waals surface area contributed by atoms with Gasteiger partial charge in [-0.05, 0) is 24.8 Å². The van der Waals surface area contributed by atoms with Crippen LogP contribution in [0.25, 0.3) is 0 Å².